The van der Waals surface area contributed by atoms with Crippen LogP contribution in [0.5, 0.6) is 5.75 Å². The zero-order valence-corrected chi connectivity index (χ0v) is 17.9. The van der Waals surface area contributed by atoms with Crippen LogP contribution in [-0.2, 0) is 14.8 Å². The summed E-state index contributed by atoms with van der Waals surface area (Å²) in [4.78, 5) is 12.5. The molecule has 8 heteroatoms. The Morgan fingerprint density at radius 1 is 1.22 bits per heavy atom. The molecule has 2 rings (SSSR count). The maximum Gasteiger partial charge on any atom is 0.241 e. The summed E-state index contributed by atoms with van der Waals surface area (Å²) in [5, 5.41) is 2.84. The minimum absolute atomic E-state index is 0.267. The van der Waals surface area contributed by atoms with E-state index in [1.54, 1.807) is 24.3 Å². The molecule has 2 aromatic rings. The number of hydrogen-bond donors (Lipinski definition) is 1. The maximum absolute atomic E-state index is 12.5. The minimum atomic E-state index is -3.61. The molecule has 0 radical (unpaired) electrons. The standard InChI is InChI=1S/C19H23BrN2O4S/c1-4-26-18-10-8-15(9-11-18)14(2)21-19(23)13-22(27(3,24)25)17-7-5-6-16(20)12-17/h5-12,14H,4,13H2,1-3H3,(H,21,23)/t14-/m0/s1. The van der Waals surface area contributed by atoms with E-state index in [4.69, 9.17) is 4.74 Å². The second-order valence-electron chi connectivity index (χ2n) is 6.04. The van der Waals surface area contributed by atoms with Crippen LogP contribution in [0.2, 0.25) is 0 Å². The lowest BCUT2D eigenvalue weighted by molar-refractivity contribution is -0.120. The Labute approximate surface area is 168 Å². The number of halogens is 1. The van der Waals surface area contributed by atoms with Crippen molar-refractivity contribution >= 4 is 37.5 Å². The highest BCUT2D eigenvalue weighted by Gasteiger charge is 2.22. The number of anilines is 1. The molecule has 0 heterocycles. The number of sulfonamides is 1. The molecule has 0 bridgehead atoms. The Morgan fingerprint density at radius 3 is 2.44 bits per heavy atom. The highest BCUT2D eigenvalue weighted by atomic mass is 79.9. The molecule has 0 aliphatic heterocycles. The molecule has 0 aliphatic rings. The predicted molar refractivity (Wildman–Crippen MR) is 111 cm³/mol. The highest BCUT2D eigenvalue weighted by molar-refractivity contribution is 9.10. The van der Waals surface area contributed by atoms with Gasteiger partial charge in [-0.3, -0.25) is 9.10 Å². The van der Waals surface area contributed by atoms with Crippen LogP contribution < -0.4 is 14.4 Å². The SMILES string of the molecule is CCOc1ccc([C@H](C)NC(=O)CN(c2cccc(Br)c2)S(C)(=O)=O)cc1. The Morgan fingerprint density at radius 2 is 1.89 bits per heavy atom. The van der Waals surface area contributed by atoms with Crippen molar-refractivity contribution in [1.29, 1.82) is 0 Å². The summed E-state index contributed by atoms with van der Waals surface area (Å²) in [5.74, 6) is 0.375. The number of amides is 1. The van der Waals surface area contributed by atoms with Crippen molar-refractivity contribution in [2.45, 2.75) is 19.9 Å². The van der Waals surface area contributed by atoms with Crippen molar-refractivity contribution in [3.63, 3.8) is 0 Å². The Bertz CT molecular complexity index is 885. The van der Waals surface area contributed by atoms with Crippen molar-refractivity contribution in [2.75, 3.05) is 23.7 Å². The molecule has 1 N–H and O–H groups in total. The molecule has 0 saturated carbocycles. The van der Waals surface area contributed by atoms with Crippen molar-refractivity contribution in [1.82, 2.24) is 5.32 Å². The van der Waals surface area contributed by atoms with Crippen LogP contribution in [0.15, 0.2) is 53.0 Å². The first-order valence-corrected chi connectivity index (χ1v) is 11.1. The number of nitrogens with zero attached hydrogens (tertiary/aromatic N) is 1. The van der Waals surface area contributed by atoms with Gasteiger partial charge in [0, 0.05) is 4.47 Å². The average molecular weight is 455 g/mol. The molecular formula is C19H23BrN2O4S. The molecule has 0 spiro atoms. The molecule has 0 saturated heterocycles. The van der Waals surface area contributed by atoms with Crippen LogP contribution in [0.25, 0.3) is 0 Å². The Hall–Kier alpha value is -2.06. The fourth-order valence-electron chi connectivity index (χ4n) is 2.55. The molecular weight excluding hydrogens is 432 g/mol. The predicted octanol–water partition coefficient (Wildman–Crippen LogP) is 3.49. The van der Waals surface area contributed by atoms with E-state index in [2.05, 4.69) is 21.2 Å². The van der Waals surface area contributed by atoms with Crippen molar-refractivity contribution < 1.29 is 17.9 Å². The number of carbonyl (C=O) groups excluding carboxylic acids is 1. The molecule has 0 aliphatic carbocycles. The average Bonchev–Trinajstić information content (AvgIpc) is 2.59. The van der Waals surface area contributed by atoms with E-state index in [1.807, 2.05) is 38.1 Å². The van der Waals surface area contributed by atoms with Crippen LogP contribution in [0.1, 0.15) is 25.5 Å². The van der Waals surface area contributed by atoms with Crippen molar-refractivity contribution in [3.8, 4) is 5.75 Å². The number of nitrogens with one attached hydrogen (secondary N) is 1. The van der Waals surface area contributed by atoms with E-state index in [1.165, 1.54) is 0 Å². The number of rotatable bonds is 8. The molecule has 27 heavy (non-hydrogen) atoms. The van der Waals surface area contributed by atoms with Gasteiger partial charge in [-0.2, -0.15) is 0 Å². The zero-order chi connectivity index (χ0) is 20.0. The molecule has 0 fully saturated rings. The zero-order valence-electron chi connectivity index (χ0n) is 15.5. The molecule has 2 aromatic carbocycles. The van der Waals surface area contributed by atoms with Gasteiger partial charge >= 0.3 is 0 Å². The Kier molecular flexibility index (Phi) is 7.26. The first-order valence-electron chi connectivity index (χ1n) is 8.46. The molecule has 1 atom stereocenters. The van der Waals surface area contributed by atoms with Gasteiger partial charge < -0.3 is 10.1 Å². The van der Waals surface area contributed by atoms with Crippen LogP contribution >= 0.6 is 15.9 Å². The topological polar surface area (TPSA) is 75.7 Å². The summed E-state index contributed by atoms with van der Waals surface area (Å²) < 4.78 is 31.5. The van der Waals surface area contributed by atoms with Crippen LogP contribution in [0, 0.1) is 0 Å². The van der Waals surface area contributed by atoms with Gasteiger partial charge in [0.1, 0.15) is 12.3 Å². The molecule has 0 aromatic heterocycles. The smallest absolute Gasteiger partial charge is 0.241 e. The lowest BCUT2D eigenvalue weighted by Gasteiger charge is -2.23. The summed E-state index contributed by atoms with van der Waals surface area (Å²) in [6.07, 6.45) is 1.08. The third-order valence-electron chi connectivity index (χ3n) is 3.85. The van der Waals surface area contributed by atoms with Crippen molar-refractivity contribution in [2.24, 2.45) is 0 Å². The van der Waals surface area contributed by atoms with E-state index < -0.39 is 10.0 Å². The minimum Gasteiger partial charge on any atom is -0.494 e. The van der Waals surface area contributed by atoms with Crippen LogP contribution in [0.3, 0.4) is 0 Å². The second kappa shape index (κ2) is 9.23. The van der Waals surface area contributed by atoms with Gasteiger partial charge in [-0.1, -0.05) is 34.1 Å². The highest BCUT2D eigenvalue weighted by Crippen LogP contribution is 2.22. The first kappa shape index (κ1) is 21.2. The van der Waals surface area contributed by atoms with Crippen molar-refractivity contribution in [3.05, 3.63) is 58.6 Å². The van der Waals surface area contributed by atoms with E-state index >= 15 is 0 Å². The first-order chi connectivity index (χ1) is 12.7. The summed E-state index contributed by atoms with van der Waals surface area (Å²) >= 11 is 3.32. The van der Waals surface area contributed by atoms with Gasteiger partial charge in [-0.25, -0.2) is 8.42 Å². The van der Waals surface area contributed by atoms with E-state index in [0.29, 0.717) is 12.3 Å². The third kappa shape index (κ3) is 6.25. The monoisotopic (exact) mass is 454 g/mol. The van der Waals surface area contributed by atoms with E-state index in [-0.39, 0.29) is 18.5 Å². The van der Waals surface area contributed by atoms with Gasteiger partial charge in [0.05, 0.1) is 24.6 Å². The van der Waals surface area contributed by atoms with Gasteiger partial charge in [0.15, 0.2) is 0 Å². The second-order valence-corrected chi connectivity index (χ2v) is 8.86. The van der Waals surface area contributed by atoms with Crippen LogP contribution in [-0.4, -0.2) is 33.7 Å². The normalized spacial score (nSPS) is 12.3. The molecule has 0 unspecified atom stereocenters. The van der Waals surface area contributed by atoms with Gasteiger partial charge in [0.25, 0.3) is 0 Å². The number of hydrogen-bond acceptors (Lipinski definition) is 4. The summed E-state index contributed by atoms with van der Waals surface area (Å²) in [6, 6.07) is 14.0. The molecule has 146 valence electrons. The van der Waals surface area contributed by atoms with Gasteiger partial charge in [-0.15, -0.1) is 0 Å². The molecule has 1 amide bonds. The lowest BCUT2D eigenvalue weighted by atomic mass is 10.1. The van der Waals surface area contributed by atoms with Gasteiger partial charge in [0.2, 0.25) is 15.9 Å². The fourth-order valence-corrected chi connectivity index (χ4v) is 3.79. The number of carbonyl (C=O) groups is 1. The number of benzene rings is 2. The number of ether oxygens (including phenoxy) is 1. The fraction of sp³-hybridized carbons (Fsp3) is 0.316. The van der Waals surface area contributed by atoms with Gasteiger partial charge in [-0.05, 0) is 49.7 Å². The Balaban J connectivity index is 2.09. The van der Waals surface area contributed by atoms with Crippen LogP contribution in [0.4, 0.5) is 5.69 Å². The lowest BCUT2D eigenvalue weighted by Crippen LogP contribution is -2.41. The summed E-state index contributed by atoms with van der Waals surface area (Å²) in [6.45, 7) is 4.05. The third-order valence-corrected chi connectivity index (χ3v) is 5.49. The quantitative estimate of drug-likeness (QED) is 0.661. The molecule has 6 nitrogen and oxygen atoms in total. The summed E-state index contributed by atoms with van der Waals surface area (Å²) in [5.41, 5.74) is 1.33. The van der Waals surface area contributed by atoms with E-state index in [0.717, 1.165) is 26.3 Å². The largest absolute Gasteiger partial charge is 0.494 e. The van der Waals surface area contributed by atoms with E-state index in [9.17, 15) is 13.2 Å². The summed E-state index contributed by atoms with van der Waals surface area (Å²) in [7, 11) is -3.61. The maximum atomic E-state index is 12.5.